The number of nitrogens with one attached hydrogen (secondary N) is 1. The quantitative estimate of drug-likeness (QED) is 0.426. The van der Waals surface area contributed by atoms with Gasteiger partial charge in [0, 0.05) is 17.9 Å². The second-order valence-electron chi connectivity index (χ2n) is 3.56. The van der Waals surface area contributed by atoms with Gasteiger partial charge >= 0.3 is 0 Å². The van der Waals surface area contributed by atoms with Gasteiger partial charge in [0.25, 0.3) is 0 Å². The van der Waals surface area contributed by atoms with Crippen LogP contribution in [0.25, 0.3) is 0 Å². The summed E-state index contributed by atoms with van der Waals surface area (Å²) in [7, 11) is 0. The molecule has 0 bridgehead atoms. The van der Waals surface area contributed by atoms with Crippen LogP contribution in [0.1, 0.15) is 6.92 Å². The molecule has 0 saturated carbocycles. The van der Waals surface area contributed by atoms with E-state index in [2.05, 4.69) is 11.9 Å². The van der Waals surface area contributed by atoms with Crippen LogP contribution in [0.15, 0.2) is 36.4 Å². The average molecular weight is 206 g/mol. The molecule has 0 unspecified atom stereocenters. The van der Waals surface area contributed by atoms with Gasteiger partial charge in [-0.2, -0.15) is 0 Å². The Kier molecular flexibility index (Phi) is 4.71. The van der Waals surface area contributed by atoms with Gasteiger partial charge in [0.15, 0.2) is 0 Å². The van der Waals surface area contributed by atoms with E-state index in [9.17, 15) is 0 Å². The molecule has 0 aliphatic rings. The lowest BCUT2D eigenvalue weighted by Gasteiger charge is -2.07. The molecular weight excluding hydrogens is 188 g/mol. The first-order valence-corrected chi connectivity index (χ1v) is 5.00. The highest BCUT2D eigenvalue weighted by molar-refractivity contribution is 5.51. The average Bonchev–Trinajstić information content (AvgIpc) is 2.20. The topological polar surface area (TPSA) is 47.3 Å². The molecule has 1 aromatic rings. The molecule has 82 valence electrons. The Balaban J connectivity index is 2.15. The van der Waals surface area contributed by atoms with Gasteiger partial charge in [-0.05, 0) is 31.2 Å². The third-order valence-electron chi connectivity index (χ3n) is 1.83. The number of nitrogen functional groups attached to an aromatic ring is 1. The SMILES string of the molecule is C=C(C)COCCNc1ccc(N)cc1. The van der Waals surface area contributed by atoms with Crippen LogP contribution in [0, 0.1) is 0 Å². The van der Waals surface area contributed by atoms with Crippen molar-refractivity contribution in [1.82, 2.24) is 0 Å². The molecule has 15 heavy (non-hydrogen) atoms. The predicted octanol–water partition coefficient (Wildman–Crippen LogP) is 2.27. The molecule has 0 aliphatic heterocycles. The first kappa shape index (κ1) is 11.6. The van der Waals surface area contributed by atoms with Crippen molar-refractivity contribution < 1.29 is 4.74 Å². The van der Waals surface area contributed by atoms with Gasteiger partial charge in [-0.15, -0.1) is 0 Å². The third kappa shape index (κ3) is 5.08. The van der Waals surface area contributed by atoms with Crippen molar-refractivity contribution in [3.8, 4) is 0 Å². The van der Waals surface area contributed by atoms with Crippen LogP contribution in [-0.2, 0) is 4.74 Å². The molecule has 3 N–H and O–H groups in total. The van der Waals surface area contributed by atoms with E-state index in [-0.39, 0.29) is 0 Å². The van der Waals surface area contributed by atoms with Crippen LogP contribution < -0.4 is 11.1 Å². The Labute approximate surface area is 90.9 Å². The van der Waals surface area contributed by atoms with Crippen LogP contribution in [0.2, 0.25) is 0 Å². The maximum Gasteiger partial charge on any atom is 0.0672 e. The van der Waals surface area contributed by atoms with E-state index < -0.39 is 0 Å². The zero-order valence-electron chi connectivity index (χ0n) is 9.12. The monoisotopic (exact) mass is 206 g/mol. The maximum atomic E-state index is 5.57. The van der Waals surface area contributed by atoms with Gasteiger partial charge in [-0.3, -0.25) is 0 Å². The van der Waals surface area contributed by atoms with E-state index in [0.29, 0.717) is 13.2 Å². The smallest absolute Gasteiger partial charge is 0.0672 e. The normalized spacial score (nSPS) is 9.93. The molecule has 0 spiro atoms. The van der Waals surface area contributed by atoms with Crippen LogP contribution in [0.4, 0.5) is 11.4 Å². The van der Waals surface area contributed by atoms with Gasteiger partial charge in [0.2, 0.25) is 0 Å². The van der Waals surface area contributed by atoms with E-state index in [4.69, 9.17) is 10.5 Å². The van der Waals surface area contributed by atoms with Crippen molar-refractivity contribution in [3.05, 3.63) is 36.4 Å². The number of rotatable bonds is 6. The Morgan fingerprint density at radius 3 is 2.67 bits per heavy atom. The number of anilines is 2. The molecule has 0 fully saturated rings. The fourth-order valence-corrected chi connectivity index (χ4v) is 1.11. The summed E-state index contributed by atoms with van der Waals surface area (Å²) in [5, 5.41) is 3.24. The fourth-order valence-electron chi connectivity index (χ4n) is 1.11. The molecule has 1 rings (SSSR count). The Morgan fingerprint density at radius 1 is 1.40 bits per heavy atom. The number of nitrogens with two attached hydrogens (primary N) is 1. The van der Waals surface area contributed by atoms with Crippen molar-refractivity contribution in [2.45, 2.75) is 6.92 Å². The minimum absolute atomic E-state index is 0.628. The number of hydrogen-bond acceptors (Lipinski definition) is 3. The lowest BCUT2D eigenvalue weighted by Crippen LogP contribution is -2.10. The lowest BCUT2D eigenvalue weighted by molar-refractivity contribution is 0.167. The van der Waals surface area contributed by atoms with E-state index >= 15 is 0 Å². The summed E-state index contributed by atoms with van der Waals surface area (Å²) in [4.78, 5) is 0. The van der Waals surface area contributed by atoms with Crippen molar-refractivity contribution in [3.63, 3.8) is 0 Å². The van der Waals surface area contributed by atoms with Crippen LogP contribution in [0.3, 0.4) is 0 Å². The summed E-state index contributed by atoms with van der Waals surface area (Å²) in [6.45, 7) is 7.81. The van der Waals surface area contributed by atoms with Gasteiger partial charge in [-0.1, -0.05) is 12.2 Å². The molecule has 0 heterocycles. The van der Waals surface area contributed by atoms with Gasteiger partial charge < -0.3 is 15.8 Å². The largest absolute Gasteiger partial charge is 0.399 e. The molecule has 1 aromatic carbocycles. The second kappa shape index (κ2) is 6.09. The Morgan fingerprint density at radius 2 is 2.07 bits per heavy atom. The summed E-state index contributed by atoms with van der Waals surface area (Å²) < 4.78 is 5.35. The summed E-state index contributed by atoms with van der Waals surface area (Å²) >= 11 is 0. The highest BCUT2D eigenvalue weighted by atomic mass is 16.5. The molecule has 3 heteroatoms. The summed E-state index contributed by atoms with van der Waals surface area (Å²) in [5.41, 5.74) is 8.45. The maximum absolute atomic E-state index is 5.57. The third-order valence-corrected chi connectivity index (χ3v) is 1.83. The standard InChI is InChI=1S/C12H18N2O/c1-10(2)9-15-8-7-14-12-5-3-11(13)4-6-12/h3-6,14H,1,7-9,13H2,2H3. The van der Waals surface area contributed by atoms with Crippen LogP contribution in [0.5, 0.6) is 0 Å². The molecule has 0 atom stereocenters. The molecule has 0 saturated heterocycles. The van der Waals surface area contributed by atoms with Crippen molar-refractivity contribution >= 4 is 11.4 Å². The lowest BCUT2D eigenvalue weighted by atomic mass is 10.3. The Hall–Kier alpha value is -1.48. The zero-order chi connectivity index (χ0) is 11.1. The fraction of sp³-hybridized carbons (Fsp3) is 0.333. The Bertz CT molecular complexity index is 306. The van der Waals surface area contributed by atoms with Crippen molar-refractivity contribution in [2.24, 2.45) is 0 Å². The minimum atomic E-state index is 0.628. The molecule has 3 nitrogen and oxygen atoms in total. The summed E-state index contributed by atoms with van der Waals surface area (Å²) in [6.07, 6.45) is 0. The molecule has 0 amide bonds. The molecule has 0 radical (unpaired) electrons. The van der Waals surface area contributed by atoms with Crippen LogP contribution in [-0.4, -0.2) is 19.8 Å². The van der Waals surface area contributed by atoms with Gasteiger partial charge in [0.1, 0.15) is 0 Å². The summed E-state index contributed by atoms with van der Waals surface area (Å²) in [6, 6.07) is 7.65. The van der Waals surface area contributed by atoms with Gasteiger partial charge in [-0.25, -0.2) is 0 Å². The minimum Gasteiger partial charge on any atom is -0.399 e. The van der Waals surface area contributed by atoms with Gasteiger partial charge in [0.05, 0.1) is 13.2 Å². The van der Waals surface area contributed by atoms with Crippen molar-refractivity contribution in [1.29, 1.82) is 0 Å². The van der Waals surface area contributed by atoms with E-state index in [0.717, 1.165) is 23.5 Å². The second-order valence-corrected chi connectivity index (χ2v) is 3.56. The molecular formula is C12H18N2O. The van der Waals surface area contributed by atoms with E-state index in [1.807, 2.05) is 31.2 Å². The van der Waals surface area contributed by atoms with Crippen molar-refractivity contribution in [2.75, 3.05) is 30.8 Å². The first-order valence-electron chi connectivity index (χ1n) is 5.00. The van der Waals surface area contributed by atoms with E-state index in [1.54, 1.807) is 0 Å². The van der Waals surface area contributed by atoms with E-state index in [1.165, 1.54) is 0 Å². The first-order chi connectivity index (χ1) is 7.18. The predicted molar refractivity (Wildman–Crippen MR) is 65.0 cm³/mol. The zero-order valence-corrected chi connectivity index (χ0v) is 9.12. The number of benzene rings is 1. The highest BCUT2D eigenvalue weighted by Crippen LogP contribution is 2.09. The molecule has 0 aliphatic carbocycles. The molecule has 0 aromatic heterocycles. The summed E-state index contributed by atoms with van der Waals surface area (Å²) in [5.74, 6) is 0. The number of ether oxygens (including phenoxy) is 1. The highest BCUT2D eigenvalue weighted by Gasteiger charge is 1.91. The van der Waals surface area contributed by atoms with Crippen LogP contribution >= 0.6 is 0 Å². The number of hydrogen-bond donors (Lipinski definition) is 2.